The fourth-order valence-electron chi connectivity index (χ4n) is 1.53. The number of hydrogen-bond acceptors (Lipinski definition) is 4. The van der Waals surface area contributed by atoms with Gasteiger partial charge in [-0.25, -0.2) is 4.98 Å². The van der Waals surface area contributed by atoms with Crippen molar-refractivity contribution >= 4 is 17.2 Å². The summed E-state index contributed by atoms with van der Waals surface area (Å²) in [4.78, 5) is 4.16. The van der Waals surface area contributed by atoms with E-state index in [1.807, 2.05) is 26.8 Å². The van der Waals surface area contributed by atoms with Crippen LogP contribution in [0, 0.1) is 5.21 Å². The van der Waals surface area contributed by atoms with Gasteiger partial charge in [0, 0.05) is 19.3 Å². The Kier molecular flexibility index (Phi) is 5.01. The molecule has 90 valence electrons. The molecule has 1 aromatic rings. The van der Waals surface area contributed by atoms with Gasteiger partial charge in [0.1, 0.15) is 5.69 Å². The average molecular weight is 224 g/mol. The molecule has 0 aliphatic rings. The van der Waals surface area contributed by atoms with Crippen LogP contribution in [-0.2, 0) is 0 Å². The SMILES string of the molecule is CCNc1ccnc([NH+]([O-])CC)c1NCC. The lowest BCUT2D eigenvalue weighted by atomic mass is 10.3. The van der Waals surface area contributed by atoms with Gasteiger partial charge in [-0.05, 0) is 26.8 Å². The summed E-state index contributed by atoms with van der Waals surface area (Å²) in [7, 11) is 0. The second kappa shape index (κ2) is 6.30. The maximum atomic E-state index is 11.7. The monoisotopic (exact) mass is 224 g/mol. The van der Waals surface area contributed by atoms with Crippen LogP contribution in [0.2, 0.25) is 0 Å². The van der Waals surface area contributed by atoms with Crippen LogP contribution in [0.15, 0.2) is 12.3 Å². The Morgan fingerprint density at radius 2 is 1.94 bits per heavy atom. The van der Waals surface area contributed by atoms with Crippen molar-refractivity contribution in [2.45, 2.75) is 20.8 Å². The number of anilines is 2. The van der Waals surface area contributed by atoms with Gasteiger partial charge in [-0.1, -0.05) is 0 Å². The van der Waals surface area contributed by atoms with E-state index >= 15 is 0 Å². The van der Waals surface area contributed by atoms with Gasteiger partial charge < -0.3 is 20.9 Å². The van der Waals surface area contributed by atoms with Crippen LogP contribution in [0.5, 0.6) is 0 Å². The molecule has 5 nitrogen and oxygen atoms in total. The molecule has 5 heteroatoms. The maximum absolute atomic E-state index is 11.7. The third kappa shape index (κ3) is 2.84. The molecule has 0 fully saturated rings. The van der Waals surface area contributed by atoms with Crippen LogP contribution in [-0.4, -0.2) is 24.6 Å². The molecule has 1 heterocycles. The molecule has 0 aromatic carbocycles. The minimum absolute atomic E-state index is 0.0655. The van der Waals surface area contributed by atoms with Crippen molar-refractivity contribution in [2.75, 3.05) is 30.3 Å². The van der Waals surface area contributed by atoms with Gasteiger partial charge in [0.2, 0.25) is 0 Å². The number of nitrogens with one attached hydrogen (secondary N) is 3. The summed E-state index contributed by atoms with van der Waals surface area (Å²) in [6, 6.07) is 1.88. The second-order valence-electron chi connectivity index (χ2n) is 3.42. The second-order valence-corrected chi connectivity index (χ2v) is 3.42. The number of hydrogen-bond donors (Lipinski definition) is 3. The molecule has 1 aromatic heterocycles. The van der Waals surface area contributed by atoms with Gasteiger partial charge in [-0.3, -0.25) is 0 Å². The predicted octanol–water partition coefficient (Wildman–Crippen LogP) is 0.979. The van der Waals surface area contributed by atoms with E-state index in [2.05, 4.69) is 15.6 Å². The van der Waals surface area contributed by atoms with Gasteiger partial charge >= 0.3 is 0 Å². The Balaban J connectivity index is 3.09. The Bertz CT molecular complexity index is 330. The van der Waals surface area contributed by atoms with Gasteiger partial charge in [-0.15, -0.1) is 0 Å². The molecule has 0 aliphatic carbocycles. The van der Waals surface area contributed by atoms with Crippen molar-refractivity contribution in [1.29, 1.82) is 0 Å². The van der Waals surface area contributed by atoms with Gasteiger partial charge in [0.15, 0.2) is 0 Å². The zero-order valence-corrected chi connectivity index (χ0v) is 10.1. The van der Waals surface area contributed by atoms with E-state index in [-0.39, 0.29) is 5.06 Å². The molecule has 1 unspecified atom stereocenters. The van der Waals surface area contributed by atoms with E-state index in [0.717, 1.165) is 24.5 Å². The predicted molar refractivity (Wildman–Crippen MR) is 67.1 cm³/mol. The standard InChI is InChI=1S/C11H20N4O/c1-4-12-9-7-8-14-11(15(16)6-3)10(9)13-5-2/h7-8,13,15H,4-6H2,1-3H3,(H,12,14). The highest BCUT2D eigenvalue weighted by Crippen LogP contribution is 2.25. The fraction of sp³-hybridized carbons (Fsp3) is 0.545. The summed E-state index contributed by atoms with van der Waals surface area (Å²) >= 11 is 0. The smallest absolute Gasteiger partial charge is 0.251 e. The van der Waals surface area contributed by atoms with Crippen molar-refractivity contribution in [3.63, 3.8) is 0 Å². The van der Waals surface area contributed by atoms with Crippen LogP contribution in [0.3, 0.4) is 0 Å². The zero-order chi connectivity index (χ0) is 12.0. The molecular weight excluding hydrogens is 204 g/mol. The summed E-state index contributed by atoms with van der Waals surface area (Å²) in [5.74, 6) is 0.530. The highest BCUT2D eigenvalue weighted by atomic mass is 16.5. The fourth-order valence-corrected chi connectivity index (χ4v) is 1.53. The van der Waals surface area contributed by atoms with Crippen molar-refractivity contribution in [1.82, 2.24) is 4.98 Å². The average Bonchev–Trinajstić information content (AvgIpc) is 2.31. The zero-order valence-electron chi connectivity index (χ0n) is 10.1. The first-order valence-corrected chi connectivity index (χ1v) is 5.74. The van der Waals surface area contributed by atoms with Crippen molar-refractivity contribution in [3.8, 4) is 0 Å². The Morgan fingerprint density at radius 3 is 2.50 bits per heavy atom. The summed E-state index contributed by atoms with van der Waals surface area (Å²) in [5.41, 5.74) is 1.76. The lowest BCUT2D eigenvalue weighted by molar-refractivity contribution is -0.776. The first-order valence-electron chi connectivity index (χ1n) is 5.74. The normalized spacial score (nSPS) is 12.2. The molecule has 1 rings (SSSR count). The Hall–Kier alpha value is -1.33. The maximum Gasteiger partial charge on any atom is 0.251 e. The van der Waals surface area contributed by atoms with E-state index in [1.165, 1.54) is 0 Å². The van der Waals surface area contributed by atoms with E-state index in [1.54, 1.807) is 6.20 Å². The van der Waals surface area contributed by atoms with E-state index in [9.17, 15) is 5.21 Å². The highest BCUT2D eigenvalue weighted by molar-refractivity contribution is 5.75. The molecular formula is C11H20N4O. The van der Waals surface area contributed by atoms with Crippen LogP contribution >= 0.6 is 0 Å². The van der Waals surface area contributed by atoms with Crippen molar-refractivity contribution < 1.29 is 5.06 Å². The van der Waals surface area contributed by atoms with Gasteiger partial charge in [-0.2, -0.15) is 0 Å². The summed E-state index contributed by atoms with van der Waals surface area (Å²) in [5, 5.41) is 18.2. The van der Waals surface area contributed by atoms with Gasteiger partial charge in [0.25, 0.3) is 5.82 Å². The number of quaternary nitrogens is 1. The number of aromatic nitrogens is 1. The minimum atomic E-state index is 0.0655. The molecule has 0 saturated carbocycles. The first-order chi connectivity index (χ1) is 7.74. The molecule has 0 saturated heterocycles. The van der Waals surface area contributed by atoms with Crippen molar-refractivity contribution in [3.05, 3.63) is 17.5 Å². The minimum Gasteiger partial charge on any atom is -0.628 e. The molecule has 0 amide bonds. The van der Waals surface area contributed by atoms with Crippen molar-refractivity contribution in [2.24, 2.45) is 0 Å². The number of pyridine rings is 1. The van der Waals surface area contributed by atoms with Crippen LogP contribution in [0.25, 0.3) is 0 Å². The molecule has 0 spiro atoms. The molecule has 3 N–H and O–H groups in total. The Morgan fingerprint density at radius 1 is 1.25 bits per heavy atom. The summed E-state index contributed by atoms with van der Waals surface area (Å²) < 4.78 is 0. The highest BCUT2D eigenvalue weighted by Gasteiger charge is 2.13. The number of hydroxylamine groups is 1. The van der Waals surface area contributed by atoms with E-state index in [0.29, 0.717) is 12.4 Å². The van der Waals surface area contributed by atoms with Gasteiger partial charge in [0.05, 0.1) is 12.2 Å². The molecule has 1 atom stereocenters. The lowest BCUT2D eigenvalue weighted by Gasteiger charge is -2.23. The first kappa shape index (κ1) is 12.7. The molecule has 0 aliphatic heterocycles. The van der Waals surface area contributed by atoms with E-state index < -0.39 is 0 Å². The number of nitrogens with zero attached hydrogens (tertiary/aromatic N) is 1. The van der Waals surface area contributed by atoms with Crippen LogP contribution in [0.1, 0.15) is 20.8 Å². The third-order valence-electron chi connectivity index (χ3n) is 2.26. The molecule has 16 heavy (non-hydrogen) atoms. The van der Waals surface area contributed by atoms with Crippen LogP contribution < -0.4 is 15.7 Å². The largest absolute Gasteiger partial charge is 0.628 e. The van der Waals surface area contributed by atoms with E-state index in [4.69, 9.17) is 0 Å². The number of rotatable bonds is 6. The summed E-state index contributed by atoms with van der Waals surface area (Å²) in [6.45, 7) is 7.94. The van der Waals surface area contributed by atoms with Crippen LogP contribution in [0.4, 0.5) is 17.2 Å². The third-order valence-corrected chi connectivity index (χ3v) is 2.26. The lowest BCUT2D eigenvalue weighted by Crippen LogP contribution is -3.02. The molecule has 0 radical (unpaired) electrons. The topological polar surface area (TPSA) is 64.5 Å². The Labute approximate surface area is 96.4 Å². The quantitative estimate of drug-likeness (QED) is 0.630. The summed E-state index contributed by atoms with van der Waals surface area (Å²) in [6.07, 6.45) is 1.67. The molecule has 0 bridgehead atoms.